The van der Waals surface area contributed by atoms with Gasteiger partial charge in [0.05, 0.1) is 5.56 Å². The van der Waals surface area contributed by atoms with E-state index < -0.39 is 0 Å². The molecule has 0 bridgehead atoms. The Hall–Kier alpha value is -3.60. The maximum Gasteiger partial charge on any atom is 0.255 e. The van der Waals surface area contributed by atoms with Crippen molar-refractivity contribution in [2.45, 2.75) is 40.0 Å². The molecule has 5 nitrogen and oxygen atoms in total. The summed E-state index contributed by atoms with van der Waals surface area (Å²) < 4.78 is 0. The Labute approximate surface area is 214 Å². The molecule has 2 amide bonds. The van der Waals surface area contributed by atoms with Crippen molar-refractivity contribution < 1.29 is 9.59 Å². The van der Waals surface area contributed by atoms with Crippen LogP contribution in [0.2, 0.25) is 0 Å². The number of aryl methyl sites for hydroxylation is 1. The molecular formula is C31H37N3O2. The molecule has 188 valence electrons. The van der Waals surface area contributed by atoms with Gasteiger partial charge in [0.1, 0.15) is 0 Å². The van der Waals surface area contributed by atoms with Gasteiger partial charge in [0.15, 0.2) is 0 Å². The van der Waals surface area contributed by atoms with Crippen molar-refractivity contribution in [1.29, 1.82) is 0 Å². The second kappa shape index (κ2) is 11.9. The van der Waals surface area contributed by atoms with E-state index in [9.17, 15) is 9.59 Å². The molecule has 1 saturated heterocycles. The number of nitrogens with zero attached hydrogens (tertiary/aromatic N) is 1. The summed E-state index contributed by atoms with van der Waals surface area (Å²) in [6.45, 7) is 8.52. The highest BCUT2D eigenvalue weighted by Crippen LogP contribution is 2.30. The molecule has 0 spiro atoms. The number of carbonyl (C=O) groups excluding carboxylic acids is 2. The first-order chi connectivity index (χ1) is 17.4. The van der Waals surface area contributed by atoms with E-state index in [-0.39, 0.29) is 11.8 Å². The molecule has 3 aromatic carbocycles. The Balaban J connectivity index is 1.51. The Morgan fingerprint density at radius 1 is 0.889 bits per heavy atom. The van der Waals surface area contributed by atoms with Gasteiger partial charge in [-0.3, -0.25) is 9.59 Å². The summed E-state index contributed by atoms with van der Waals surface area (Å²) in [5.74, 6) is 0.734. The van der Waals surface area contributed by atoms with E-state index >= 15 is 0 Å². The molecule has 0 unspecified atom stereocenters. The van der Waals surface area contributed by atoms with E-state index in [0.29, 0.717) is 35.2 Å². The zero-order valence-electron chi connectivity index (χ0n) is 21.6. The summed E-state index contributed by atoms with van der Waals surface area (Å²) in [5.41, 5.74) is 5.11. The van der Waals surface area contributed by atoms with Crippen LogP contribution in [0.3, 0.4) is 0 Å². The number of rotatable bonds is 8. The van der Waals surface area contributed by atoms with Crippen LogP contribution in [0.25, 0.3) is 0 Å². The van der Waals surface area contributed by atoms with Gasteiger partial charge in [-0.15, -0.1) is 0 Å². The predicted molar refractivity (Wildman–Crippen MR) is 148 cm³/mol. The fourth-order valence-electron chi connectivity index (χ4n) is 4.81. The lowest BCUT2D eigenvalue weighted by Gasteiger charge is -2.35. The maximum absolute atomic E-state index is 13.2. The molecule has 0 atom stereocenters. The summed E-state index contributed by atoms with van der Waals surface area (Å²) >= 11 is 0. The minimum atomic E-state index is -0.170. The number of hydrogen-bond acceptors (Lipinski definition) is 3. The Bertz CT molecular complexity index is 1180. The Morgan fingerprint density at radius 3 is 2.28 bits per heavy atom. The van der Waals surface area contributed by atoms with Crippen LogP contribution in [-0.4, -0.2) is 31.4 Å². The molecule has 0 aromatic heterocycles. The summed E-state index contributed by atoms with van der Waals surface area (Å²) in [5, 5.41) is 6.05. The molecule has 0 saturated carbocycles. The highest BCUT2D eigenvalue weighted by atomic mass is 16.2. The van der Waals surface area contributed by atoms with Crippen LogP contribution in [0.1, 0.15) is 58.5 Å². The van der Waals surface area contributed by atoms with Crippen molar-refractivity contribution in [3.8, 4) is 0 Å². The average molecular weight is 484 g/mol. The van der Waals surface area contributed by atoms with Gasteiger partial charge in [-0.05, 0) is 73.4 Å². The molecule has 4 rings (SSSR count). The lowest BCUT2D eigenvalue weighted by atomic mass is 9.89. The first kappa shape index (κ1) is 25.5. The molecule has 1 heterocycles. The predicted octanol–water partition coefficient (Wildman–Crippen LogP) is 6.09. The smallest absolute Gasteiger partial charge is 0.255 e. The highest BCUT2D eigenvalue weighted by molar-refractivity contribution is 6.07. The minimum absolute atomic E-state index is 0.0999. The van der Waals surface area contributed by atoms with E-state index in [0.717, 1.165) is 43.6 Å². The van der Waals surface area contributed by atoms with Gasteiger partial charge in [0.2, 0.25) is 0 Å². The number of piperidine rings is 1. The van der Waals surface area contributed by atoms with Crippen LogP contribution in [0.5, 0.6) is 0 Å². The summed E-state index contributed by atoms with van der Waals surface area (Å²) in [4.78, 5) is 28.4. The van der Waals surface area contributed by atoms with Crippen molar-refractivity contribution in [3.63, 3.8) is 0 Å². The normalized spacial score (nSPS) is 14.1. The van der Waals surface area contributed by atoms with E-state index in [4.69, 9.17) is 0 Å². The van der Waals surface area contributed by atoms with Gasteiger partial charge < -0.3 is 15.5 Å². The van der Waals surface area contributed by atoms with Crippen LogP contribution in [-0.2, 0) is 6.42 Å². The third-order valence-electron chi connectivity index (χ3n) is 6.88. The average Bonchev–Trinajstić information content (AvgIpc) is 2.88. The lowest BCUT2D eigenvalue weighted by molar-refractivity contribution is 0.0948. The van der Waals surface area contributed by atoms with Crippen LogP contribution < -0.4 is 15.5 Å². The van der Waals surface area contributed by atoms with Crippen molar-refractivity contribution >= 4 is 23.2 Å². The maximum atomic E-state index is 13.2. The third-order valence-corrected chi connectivity index (χ3v) is 6.88. The largest absolute Gasteiger partial charge is 0.371 e. The number of amides is 2. The number of anilines is 2. The molecule has 0 aliphatic carbocycles. The van der Waals surface area contributed by atoms with Crippen molar-refractivity contribution in [3.05, 3.63) is 95.1 Å². The second-order valence-corrected chi connectivity index (χ2v) is 10.2. The summed E-state index contributed by atoms with van der Waals surface area (Å²) in [6, 6.07) is 23.9. The zero-order valence-corrected chi connectivity index (χ0v) is 21.6. The van der Waals surface area contributed by atoms with Crippen molar-refractivity contribution in [2.75, 3.05) is 29.9 Å². The van der Waals surface area contributed by atoms with Gasteiger partial charge in [-0.2, -0.15) is 0 Å². The van der Waals surface area contributed by atoms with Crippen LogP contribution >= 0.6 is 0 Å². The van der Waals surface area contributed by atoms with Gasteiger partial charge in [0.25, 0.3) is 11.8 Å². The van der Waals surface area contributed by atoms with Gasteiger partial charge >= 0.3 is 0 Å². The van der Waals surface area contributed by atoms with Crippen molar-refractivity contribution in [2.24, 2.45) is 11.8 Å². The first-order valence-electron chi connectivity index (χ1n) is 13.0. The lowest BCUT2D eigenvalue weighted by Crippen LogP contribution is -2.36. The topological polar surface area (TPSA) is 61.4 Å². The quantitative estimate of drug-likeness (QED) is 0.407. The number of hydrogen-bond donors (Lipinski definition) is 2. The molecule has 3 aromatic rings. The number of carbonyl (C=O) groups is 2. The molecule has 1 fully saturated rings. The molecule has 36 heavy (non-hydrogen) atoms. The van der Waals surface area contributed by atoms with E-state index in [1.165, 1.54) is 5.56 Å². The number of benzene rings is 3. The van der Waals surface area contributed by atoms with E-state index in [2.05, 4.69) is 59.7 Å². The van der Waals surface area contributed by atoms with E-state index in [1.807, 2.05) is 49.4 Å². The monoisotopic (exact) mass is 483 g/mol. The highest BCUT2D eigenvalue weighted by Gasteiger charge is 2.24. The van der Waals surface area contributed by atoms with Crippen molar-refractivity contribution in [1.82, 2.24) is 5.32 Å². The van der Waals surface area contributed by atoms with Gasteiger partial charge in [-0.25, -0.2) is 0 Å². The Morgan fingerprint density at radius 2 is 1.58 bits per heavy atom. The zero-order chi connectivity index (χ0) is 25.5. The molecule has 2 N–H and O–H groups in total. The SMILES string of the molecule is Cc1ccccc1C(=O)Nc1ccc(N2CCC(Cc3ccccc3)CC2)c(C(=O)NCC(C)C)c1. The summed E-state index contributed by atoms with van der Waals surface area (Å²) in [7, 11) is 0. The number of nitrogens with one attached hydrogen (secondary N) is 2. The first-order valence-corrected chi connectivity index (χ1v) is 13.0. The van der Waals surface area contributed by atoms with Crippen LogP contribution in [0.15, 0.2) is 72.8 Å². The molecule has 1 aliphatic rings. The standard InChI is InChI=1S/C31H37N3O2/c1-22(2)21-32-30(35)28-20-26(33-31(36)27-12-8-7-9-23(27)3)13-14-29(28)34-17-15-25(16-18-34)19-24-10-5-4-6-11-24/h4-14,20,22,25H,15-19,21H2,1-3H3,(H,32,35)(H,33,36). The van der Waals surface area contributed by atoms with Gasteiger partial charge in [-0.1, -0.05) is 62.4 Å². The van der Waals surface area contributed by atoms with Crippen LogP contribution in [0, 0.1) is 18.8 Å². The fraction of sp³-hybridized carbons (Fsp3) is 0.355. The Kier molecular flexibility index (Phi) is 8.42. The third kappa shape index (κ3) is 6.54. The second-order valence-electron chi connectivity index (χ2n) is 10.2. The minimum Gasteiger partial charge on any atom is -0.371 e. The molecule has 0 radical (unpaired) electrons. The molecule has 1 aliphatic heterocycles. The molecule has 5 heteroatoms. The molecular weight excluding hydrogens is 446 g/mol. The van der Waals surface area contributed by atoms with Gasteiger partial charge in [0, 0.05) is 36.6 Å². The van der Waals surface area contributed by atoms with E-state index in [1.54, 1.807) is 0 Å². The summed E-state index contributed by atoms with van der Waals surface area (Å²) in [6.07, 6.45) is 3.28. The van der Waals surface area contributed by atoms with Crippen LogP contribution in [0.4, 0.5) is 11.4 Å². The fourth-order valence-corrected chi connectivity index (χ4v) is 4.81.